The molecular weight excluding hydrogens is 149 g/mol. The SMILES string of the molecule is C=CCCOP(=O)(F)F. The first-order chi connectivity index (χ1) is 4.06. The fraction of sp³-hybridized carbons (Fsp3) is 0.500. The quantitative estimate of drug-likeness (QED) is 0.355. The summed E-state index contributed by atoms with van der Waals surface area (Å²) in [6.07, 6.45) is 1.70. The highest BCUT2D eigenvalue weighted by Crippen LogP contribution is 2.50. The van der Waals surface area contributed by atoms with Gasteiger partial charge in [0.1, 0.15) is 0 Å². The number of hydrogen-bond acceptors (Lipinski definition) is 2. The summed E-state index contributed by atoms with van der Waals surface area (Å²) in [5.74, 6) is 0. The molecule has 0 aliphatic carbocycles. The maximum Gasteiger partial charge on any atom is 0.551 e. The van der Waals surface area contributed by atoms with Gasteiger partial charge >= 0.3 is 7.99 Å². The first-order valence-electron chi connectivity index (χ1n) is 2.31. The van der Waals surface area contributed by atoms with Gasteiger partial charge in [0.05, 0.1) is 6.61 Å². The Labute approximate surface area is 52.2 Å². The maximum absolute atomic E-state index is 11.3. The van der Waals surface area contributed by atoms with Crippen LogP contribution in [0.5, 0.6) is 0 Å². The fourth-order valence-electron chi connectivity index (χ4n) is 0.242. The van der Waals surface area contributed by atoms with Crippen molar-refractivity contribution < 1.29 is 17.5 Å². The molecule has 0 aromatic carbocycles. The Balaban J connectivity index is 3.28. The van der Waals surface area contributed by atoms with Crippen LogP contribution in [-0.4, -0.2) is 6.61 Å². The molecule has 0 aromatic rings. The van der Waals surface area contributed by atoms with E-state index in [1.165, 1.54) is 6.08 Å². The van der Waals surface area contributed by atoms with Gasteiger partial charge in [-0.25, -0.2) is 4.57 Å². The maximum atomic E-state index is 11.3. The molecule has 0 rings (SSSR count). The molecule has 0 saturated heterocycles. The molecule has 0 atom stereocenters. The van der Waals surface area contributed by atoms with Crippen LogP contribution in [-0.2, 0) is 9.09 Å². The van der Waals surface area contributed by atoms with E-state index in [2.05, 4.69) is 11.1 Å². The summed E-state index contributed by atoms with van der Waals surface area (Å²) in [6, 6.07) is 0. The van der Waals surface area contributed by atoms with Crippen molar-refractivity contribution in [2.45, 2.75) is 6.42 Å². The molecule has 0 N–H and O–H groups in total. The summed E-state index contributed by atoms with van der Waals surface area (Å²) in [6.45, 7) is 3.04. The molecule has 0 fully saturated rings. The van der Waals surface area contributed by atoms with Gasteiger partial charge in [0.2, 0.25) is 0 Å². The van der Waals surface area contributed by atoms with Gasteiger partial charge in [0.15, 0.2) is 0 Å². The second-order valence-electron chi connectivity index (χ2n) is 1.33. The monoisotopic (exact) mass is 156 g/mol. The summed E-state index contributed by atoms with van der Waals surface area (Å²) in [5.41, 5.74) is 0. The minimum atomic E-state index is -5.24. The van der Waals surface area contributed by atoms with Gasteiger partial charge in [-0.1, -0.05) is 6.08 Å². The Morgan fingerprint density at radius 3 is 2.56 bits per heavy atom. The molecule has 0 spiro atoms. The Morgan fingerprint density at radius 1 is 1.67 bits per heavy atom. The van der Waals surface area contributed by atoms with E-state index >= 15 is 0 Å². The normalized spacial score (nSPS) is 11.3. The molecule has 54 valence electrons. The molecule has 2 nitrogen and oxygen atoms in total. The Hall–Kier alpha value is -0.210. The van der Waals surface area contributed by atoms with Crippen molar-refractivity contribution in [1.82, 2.24) is 0 Å². The minimum Gasteiger partial charge on any atom is -0.280 e. The first kappa shape index (κ1) is 8.79. The van der Waals surface area contributed by atoms with E-state index in [1.54, 1.807) is 0 Å². The van der Waals surface area contributed by atoms with E-state index in [-0.39, 0.29) is 13.0 Å². The Kier molecular flexibility index (Phi) is 3.66. The zero-order chi connectivity index (χ0) is 7.33. The lowest BCUT2D eigenvalue weighted by molar-refractivity contribution is 0.261. The van der Waals surface area contributed by atoms with Crippen LogP contribution in [0, 0.1) is 0 Å². The van der Waals surface area contributed by atoms with Gasteiger partial charge in [0, 0.05) is 0 Å². The van der Waals surface area contributed by atoms with E-state index in [4.69, 9.17) is 0 Å². The van der Waals surface area contributed by atoms with Gasteiger partial charge in [0.25, 0.3) is 0 Å². The average Bonchev–Trinajstić information content (AvgIpc) is 1.63. The van der Waals surface area contributed by atoms with Gasteiger partial charge in [-0.05, 0) is 6.42 Å². The van der Waals surface area contributed by atoms with E-state index < -0.39 is 7.99 Å². The summed E-state index contributed by atoms with van der Waals surface area (Å²) < 4.78 is 35.8. The van der Waals surface area contributed by atoms with Crippen molar-refractivity contribution in [1.29, 1.82) is 0 Å². The lowest BCUT2D eigenvalue weighted by Crippen LogP contribution is -1.83. The second-order valence-corrected chi connectivity index (χ2v) is 2.41. The molecule has 0 heterocycles. The molecular formula is C4H7F2O2P. The zero-order valence-corrected chi connectivity index (χ0v) is 5.61. The minimum absolute atomic E-state index is 0.228. The highest BCUT2D eigenvalue weighted by Gasteiger charge is 2.18. The molecule has 0 amide bonds. The van der Waals surface area contributed by atoms with Crippen LogP contribution in [0.2, 0.25) is 0 Å². The number of rotatable bonds is 4. The van der Waals surface area contributed by atoms with Crippen LogP contribution < -0.4 is 0 Å². The van der Waals surface area contributed by atoms with Crippen molar-refractivity contribution in [3.05, 3.63) is 12.7 Å². The molecule has 9 heavy (non-hydrogen) atoms. The number of halogens is 2. The molecule has 0 radical (unpaired) electrons. The van der Waals surface area contributed by atoms with Crippen molar-refractivity contribution in [3.63, 3.8) is 0 Å². The van der Waals surface area contributed by atoms with E-state index in [0.717, 1.165) is 0 Å². The largest absolute Gasteiger partial charge is 0.551 e. The van der Waals surface area contributed by atoms with Gasteiger partial charge in [-0.2, -0.15) is 0 Å². The average molecular weight is 156 g/mol. The topological polar surface area (TPSA) is 26.3 Å². The summed E-state index contributed by atoms with van der Waals surface area (Å²) in [4.78, 5) is 0. The Bertz CT molecular complexity index is 131. The standard InChI is InChI=1S/C4H7F2O2P/c1-2-3-4-8-9(5,6)7/h2H,1,3-4H2. The van der Waals surface area contributed by atoms with Crippen LogP contribution in [0.4, 0.5) is 8.39 Å². The van der Waals surface area contributed by atoms with Crippen LogP contribution in [0.1, 0.15) is 6.42 Å². The van der Waals surface area contributed by atoms with E-state index in [9.17, 15) is 13.0 Å². The zero-order valence-electron chi connectivity index (χ0n) is 4.72. The fourth-order valence-corrected chi connectivity index (χ4v) is 0.560. The molecule has 0 aliphatic rings. The lowest BCUT2D eigenvalue weighted by Gasteiger charge is -1.96. The van der Waals surface area contributed by atoms with E-state index in [1.807, 2.05) is 0 Å². The predicted molar refractivity (Wildman–Crippen MR) is 30.6 cm³/mol. The van der Waals surface area contributed by atoms with Crippen molar-refractivity contribution in [2.75, 3.05) is 6.61 Å². The van der Waals surface area contributed by atoms with Gasteiger partial charge in [-0.3, -0.25) is 4.52 Å². The lowest BCUT2D eigenvalue weighted by atomic mass is 10.5. The highest BCUT2D eigenvalue weighted by atomic mass is 31.2. The summed E-state index contributed by atoms with van der Waals surface area (Å²) >= 11 is 0. The van der Waals surface area contributed by atoms with Crippen molar-refractivity contribution in [2.24, 2.45) is 0 Å². The second kappa shape index (κ2) is 3.75. The summed E-state index contributed by atoms with van der Waals surface area (Å²) in [7, 11) is -5.24. The third kappa shape index (κ3) is 7.79. The van der Waals surface area contributed by atoms with Gasteiger partial charge < -0.3 is 0 Å². The van der Waals surface area contributed by atoms with Gasteiger partial charge in [-0.15, -0.1) is 15.0 Å². The van der Waals surface area contributed by atoms with Crippen molar-refractivity contribution >= 4 is 7.99 Å². The predicted octanol–water partition coefficient (Wildman–Crippen LogP) is 2.63. The van der Waals surface area contributed by atoms with Crippen LogP contribution in [0.15, 0.2) is 12.7 Å². The third-order valence-corrected chi connectivity index (χ3v) is 1.05. The first-order valence-corrected chi connectivity index (χ1v) is 3.71. The van der Waals surface area contributed by atoms with Crippen LogP contribution in [0.3, 0.4) is 0 Å². The third-order valence-electron chi connectivity index (χ3n) is 0.564. The van der Waals surface area contributed by atoms with Crippen molar-refractivity contribution in [3.8, 4) is 0 Å². The number of hydrogen-bond donors (Lipinski definition) is 0. The smallest absolute Gasteiger partial charge is 0.280 e. The molecule has 0 bridgehead atoms. The van der Waals surface area contributed by atoms with E-state index in [0.29, 0.717) is 0 Å². The summed E-state index contributed by atoms with van der Waals surface area (Å²) in [5, 5.41) is 0. The molecule has 0 aliphatic heterocycles. The molecule has 5 heteroatoms. The Morgan fingerprint density at radius 2 is 2.22 bits per heavy atom. The molecule has 0 saturated carbocycles. The molecule has 0 unspecified atom stereocenters. The molecule has 0 aromatic heterocycles. The van der Waals surface area contributed by atoms with Crippen LogP contribution in [0.25, 0.3) is 0 Å². The van der Waals surface area contributed by atoms with Crippen LogP contribution >= 0.6 is 7.99 Å². The highest BCUT2D eigenvalue weighted by molar-refractivity contribution is 7.47.